The molecule has 0 saturated heterocycles. The monoisotopic (exact) mass is 980 g/mol. The molecule has 0 bridgehead atoms. The number of benzene rings is 1. The van der Waals surface area contributed by atoms with Crippen molar-refractivity contribution in [2.24, 2.45) is 0 Å². The molecule has 0 aromatic heterocycles. The van der Waals surface area contributed by atoms with E-state index in [0.29, 0.717) is 5.75 Å². The van der Waals surface area contributed by atoms with Crippen molar-refractivity contribution in [3.8, 4) is 5.75 Å². The van der Waals surface area contributed by atoms with Gasteiger partial charge in [-0.3, -0.25) is 0 Å². The molecule has 0 spiro atoms. The average molecular weight is 981 g/mol. The van der Waals surface area contributed by atoms with Gasteiger partial charge in [0.05, 0.1) is 11.4 Å². The van der Waals surface area contributed by atoms with Crippen LogP contribution in [0.1, 0.15) is 350 Å². The number of rotatable bonds is 57. The normalized spacial score (nSPS) is 11.6. The first-order valence-corrected chi connectivity index (χ1v) is 32.7. The summed E-state index contributed by atoms with van der Waals surface area (Å²) in [4.78, 5) is 8.45. The highest BCUT2D eigenvalue weighted by Gasteiger charge is 2.26. The fraction of sp³-hybridized carbons (Fsp3) is 0.909. The van der Waals surface area contributed by atoms with Crippen molar-refractivity contribution in [1.82, 2.24) is 0 Å². The van der Waals surface area contributed by atoms with Crippen LogP contribution in [0.2, 0.25) is 0 Å². The molecule has 70 heavy (non-hydrogen) atoms. The Morgan fingerprint density at radius 3 is 0.643 bits per heavy atom. The number of hydrogen-bond acceptors (Lipinski definition) is 4. The summed E-state index contributed by atoms with van der Waals surface area (Å²) in [5.41, 5.74) is 4.04. The molecule has 0 amide bonds. The van der Waals surface area contributed by atoms with Crippen LogP contribution in [0.4, 0.5) is 17.1 Å². The molecular formula is C66H129N3O. The molecule has 1 rings (SSSR count). The van der Waals surface area contributed by atoms with Crippen LogP contribution in [0.3, 0.4) is 0 Å². The van der Waals surface area contributed by atoms with E-state index in [1.54, 1.807) is 0 Å². The zero-order valence-corrected chi connectivity index (χ0v) is 49.1. The Morgan fingerprint density at radius 2 is 0.414 bits per heavy atom. The minimum Gasteiger partial charge on any atom is -0.506 e. The van der Waals surface area contributed by atoms with Gasteiger partial charge in [-0.2, -0.15) is 0 Å². The van der Waals surface area contributed by atoms with Gasteiger partial charge in [-0.1, -0.05) is 311 Å². The van der Waals surface area contributed by atoms with Gasteiger partial charge in [-0.15, -0.1) is 0 Å². The van der Waals surface area contributed by atoms with E-state index in [2.05, 4.69) is 68.4 Å². The predicted molar refractivity (Wildman–Crippen MR) is 320 cm³/mol. The van der Waals surface area contributed by atoms with Crippen molar-refractivity contribution in [3.05, 3.63) is 12.1 Å². The van der Waals surface area contributed by atoms with Crippen molar-refractivity contribution < 1.29 is 5.11 Å². The standard InChI is InChI=1S/C66H129N3O/c1-7-13-19-25-31-37-43-49-57-67(58-50-44-38-32-26-20-14-8-2)63-55-56-64(70)66(69(61-53-47-41-35-29-23-17-11-5)62-54-48-42-36-30-24-18-12-6)65(63)68(59-51-45-39-33-27-21-15-9-3)60-52-46-40-34-28-22-16-10-4/h55-56,70H,7-54,57-62H2,1-6H3. The Hall–Kier alpha value is -1.58. The van der Waals surface area contributed by atoms with Gasteiger partial charge in [-0.25, -0.2) is 0 Å². The molecule has 0 radical (unpaired) electrons. The number of phenols is 1. The maximum Gasteiger partial charge on any atom is 0.141 e. The molecular weight excluding hydrogens is 851 g/mol. The Morgan fingerprint density at radius 1 is 0.229 bits per heavy atom. The zero-order chi connectivity index (χ0) is 50.6. The van der Waals surface area contributed by atoms with E-state index in [1.165, 1.54) is 325 Å². The van der Waals surface area contributed by atoms with Gasteiger partial charge in [0.25, 0.3) is 0 Å². The van der Waals surface area contributed by atoms with Gasteiger partial charge in [-0.05, 0) is 50.7 Å². The number of aromatic hydroxyl groups is 1. The van der Waals surface area contributed by atoms with Gasteiger partial charge in [0.2, 0.25) is 0 Å². The number of phenolic OH excluding ortho intramolecular Hbond substituents is 1. The maximum atomic E-state index is 12.5. The largest absolute Gasteiger partial charge is 0.506 e. The van der Waals surface area contributed by atoms with E-state index < -0.39 is 0 Å². The molecule has 0 aliphatic heterocycles. The Bertz CT molecular complexity index is 1130. The number of nitrogens with zero attached hydrogens (tertiary/aromatic N) is 3. The zero-order valence-electron chi connectivity index (χ0n) is 49.1. The second kappa shape index (κ2) is 52.3. The third-order valence-corrected chi connectivity index (χ3v) is 15.8. The summed E-state index contributed by atoms with van der Waals surface area (Å²) < 4.78 is 0. The summed E-state index contributed by atoms with van der Waals surface area (Å²) in [5, 5.41) is 12.5. The number of anilines is 3. The van der Waals surface area contributed by atoms with E-state index in [1.807, 2.05) is 0 Å². The Labute approximate surface area is 441 Å². The molecule has 0 heterocycles. The molecule has 4 nitrogen and oxygen atoms in total. The van der Waals surface area contributed by atoms with Crippen LogP contribution in [0.15, 0.2) is 12.1 Å². The van der Waals surface area contributed by atoms with Crippen molar-refractivity contribution in [3.63, 3.8) is 0 Å². The fourth-order valence-corrected chi connectivity index (χ4v) is 11.1. The minimum atomic E-state index is 0.536. The van der Waals surface area contributed by atoms with E-state index in [4.69, 9.17) is 0 Å². The molecule has 1 N–H and O–H groups in total. The molecule has 1 aromatic carbocycles. The third-order valence-electron chi connectivity index (χ3n) is 15.8. The molecule has 4 heteroatoms. The average Bonchev–Trinajstić information content (AvgIpc) is 3.37. The summed E-state index contributed by atoms with van der Waals surface area (Å²) >= 11 is 0. The second-order valence-electron chi connectivity index (χ2n) is 22.6. The lowest BCUT2D eigenvalue weighted by Crippen LogP contribution is -2.35. The maximum absolute atomic E-state index is 12.5. The SMILES string of the molecule is CCCCCCCCCCN(CCCCCCCCCC)c1ccc(O)c(N(CCCCCCCCCC)CCCCCCCCCC)c1N(CCCCCCCCCC)CCCCCCCCCC. The first-order chi connectivity index (χ1) is 34.6. The van der Waals surface area contributed by atoms with Crippen LogP contribution < -0.4 is 14.7 Å². The third kappa shape index (κ3) is 37.2. The summed E-state index contributed by atoms with van der Waals surface area (Å²) in [6, 6.07) is 4.53. The van der Waals surface area contributed by atoms with Crippen LogP contribution in [-0.2, 0) is 0 Å². The molecule has 0 fully saturated rings. The number of hydrogen-bond donors (Lipinski definition) is 1. The molecule has 0 saturated carbocycles. The summed E-state index contributed by atoms with van der Waals surface area (Å²) in [6.07, 6.45) is 65.0. The predicted octanol–water partition coefficient (Wildman–Crippen LogP) is 22.7. The topological polar surface area (TPSA) is 30.0 Å². The van der Waals surface area contributed by atoms with Crippen molar-refractivity contribution in [1.29, 1.82) is 0 Å². The van der Waals surface area contributed by atoms with E-state index in [9.17, 15) is 5.11 Å². The lowest BCUT2D eigenvalue weighted by atomic mass is 10.0. The Balaban J connectivity index is 3.73. The fourth-order valence-electron chi connectivity index (χ4n) is 11.1. The number of unbranched alkanes of at least 4 members (excludes halogenated alkanes) is 42. The van der Waals surface area contributed by atoms with Gasteiger partial charge < -0.3 is 19.8 Å². The highest BCUT2D eigenvalue weighted by Crippen LogP contribution is 2.46. The Kier molecular flexibility index (Phi) is 49.6. The highest BCUT2D eigenvalue weighted by molar-refractivity contribution is 5.89. The molecule has 0 atom stereocenters. The smallest absolute Gasteiger partial charge is 0.141 e. The van der Waals surface area contributed by atoms with Crippen molar-refractivity contribution in [2.45, 2.75) is 350 Å². The molecule has 0 aliphatic rings. The molecule has 0 aliphatic carbocycles. The van der Waals surface area contributed by atoms with Gasteiger partial charge in [0.15, 0.2) is 0 Å². The molecule has 1 aromatic rings. The lowest BCUT2D eigenvalue weighted by Gasteiger charge is -2.38. The lowest BCUT2D eigenvalue weighted by molar-refractivity contribution is 0.471. The first-order valence-electron chi connectivity index (χ1n) is 32.7. The summed E-state index contributed by atoms with van der Waals surface area (Å²) in [7, 11) is 0. The van der Waals surface area contributed by atoms with Gasteiger partial charge >= 0.3 is 0 Å². The quantitative estimate of drug-likeness (QED) is 0.0659. The summed E-state index contributed by atoms with van der Waals surface area (Å²) in [5.74, 6) is 0.536. The first kappa shape index (κ1) is 66.4. The summed E-state index contributed by atoms with van der Waals surface area (Å²) in [6.45, 7) is 20.6. The van der Waals surface area contributed by atoms with E-state index in [-0.39, 0.29) is 0 Å². The minimum absolute atomic E-state index is 0.536. The van der Waals surface area contributed by atoms with Gasteiger partial charge in [0, 0.05) is 39.3 Å². The highest BCUT2D eigenvalue weighted by atomic mass is 16.3. The van der Waals surface area contributed by atoms with Crippen LogP contribution in [0, 0.1) is 0 Å². The van der Waals surface area contributed by atoms with Crippen molar-refractivity contribution >= 4 is 17.1 Å². The molecule has 0 unspecified atom stereocenters. The van der Waals surface area contributed by atoms with Crippen LogP contribution in [0.25, 0.3) is 0 Å². The van der Waals surface area contributed by atoms with E-state index in [0.717, 1.165) is 39.3 Å². The second-order valence-corrected chi connectivity index (χ2v) is 22.6. The van der Waals surface area contributed by atoms with Crippen LogP contribution >= 0.6 is 0 Å². The van der Waals surface area contributed by atoms with Crippen LogP contribution in [0.5, 0.6) is 5.75 Å². The van der Waals surface area contributed by atoms with E-state index >= 15 is 0 Å². The molecule has 414 valence electrons. The van der Waals surface area contributed by atoms with Crippen molar-refractivity contribution in [2.75, 3.05) is 54.0 Å². The van der Waals surface area contributed by atoms with Crippen LogP contribution in [-0.4, -0.2) is 44.4 Å². The van der Waals surface area contributed by atoms with Gasteiger partial charge in [0.1, 0.15) is 11.4 Å².